The van der Waals surface area contributed by atoms with Crippen molar-refractivity contribution in [2.75, 3.05) is 23.4 Å². The first-order valence-electron chi connectivity index (χ1n) is 9.75. The average molecular weight is 544 g/mol. The minimum atomic E-state index is -1.30. The van der Waals surface area contributed by atoms with Gasteiger partial charge in [-0.25, -0.2) is 14.8 Å². The second-order valence-electron chi connectivity index (χ2n) is 7.20. The van der Waals surface area contributed by atoms with Gasteiger partial charge in [0.25, 0.3) is 5.91 Å². The van der Waals surface area contributed by atoms with Crippen LogP contribution in [0.25, 0.3) is 11.2 Å². The molecule has 7 N–H and O–H groups in total. The third-order valence-electron chi connectivity index (χ3n) is 4.72. The van der Waals surface area contributed by atoms with E-state index in [-0.39, 0.29) is 78.5 Å². The van der Waals surface area contributed by atoms with Gasteiger partial charge in [-0.2, -0.15) is 9.97 Å². The van der Waals surface area contributed by atoms with Crippen molar-refractivity contribution in [1.82, 2.24) is 25.3 Å². The van der Waals surface area contributed by atoms with Gasteiger partial charge in [0, 0.05) is 24.7 Å². The Hall–Kier alpha value is -3.07. The number of rotatable bonds is 9. The Morgan fingerprint density at radius 1 is 1.12 bits per heavy atom. The molecular weight excluding hydrogens is 520 g/mol. The first-order valence-corrected chi connectivity index (χ1v) is 9.75. The Bertz CT molecular complexity index is 1220. The van der Waals surface area contributed by atoms with Gasteiger partial charge < -0.3 is 34.8 Å². The zero-order valence-corrected chi connectivity index (χ0v) is 21.8. The summed E-state index contributed by atoms with van der Waals surface area (Å²) in [4.78, 5) is 52.7. The van der Waals surface area contributed by atoms with Crippen molar-refractivity contribution in [2.45, 2.75) is 25.4 Å². The van der Waals surface area contributed by atoms with Gasteiger partial charge in [0.2, 0.25) is 5.95 Å². The van der Waals surface area contributed by atoms with E-state index >= 15 is 0 Å². The number of hydrogen-bond acceptors (Lipinski definition) is 10. The molecule has 0 fully saturated rings. The van der Waals surface area contributed by atoms with Crippen LogP contribution in [0.3, 0.4) is 0 Å². The number of carboxylic acids is 2. The number of anilines is 3. The second kappa shape index (κ2) is 11.9. The molecule has 0 aliphatic heterocycles. The zero-order chi connectivity index (χ0) is 24.1. The molecule has 14 heteroatoms. The second-order valence-corrected chi connectivity index (χ2v) is 7.20. The Balaban J connectivity index is 0.00000408. The van der Waals surface area contributed by atoms with Crippen LogP contribution in [0.5, 0.6) is 0 Å². The van der Waals surface area contributed by atoms with Gasteiger partial charge in [-0.15, -0.1) is 0 Å². The quantitative estimate of drug-likeness (QED) is 0.227. The molecule has 1 aromatic carbocycles. The molecule has 3 rings (SSSR count). The Kier molecular flexibility index (Phi) is 9.49. The van der Waals surface area contributed by atoms with E-state index in [2.05, 4.69) is 25.3 Å². The first kappa shape index (κ1) is 27.2. The van der Waals surface area contributed by atoms with Crippen LogP contribution in [-0.2, 0) is 16.1 Å². The molecule has 3 aromatic rings. The predicted molar refractivity (Wildman–Crippen MR) is 126 cm³/mol. The molecule has 0 radical (unpaired) electrons. The maximum Gasteiger partial charge on any atom is 2.00 e. The Morgan fingerprint density at radius 3 is 2.41 bits per heavy atom. The fraction of sp³-hybridized carbons (Fsp3) is 0.250. The minimum absolute atomic E-state index is 0. The van der Waals surface area contributed by atoms with Crippen LogP contribution in [0, 0.1) is 0 Å². The number of hydrogen-bond donors (Lipinski definition) is 5. The number of aliphatic carboxylic acids is 2. The topological polar surface area (TPSA) is 211 Å². The summed E-state index contributed by atoms with van der Waals surface area (Å²) in [7, 11) is 1.82. The average Bonchev–Trinajstić information content (AvgIpc) is 2.76. The summed E-state index contributed by atoms with van der Waals surface area (Å²) in [6.07, 6.45) is 0.964. The van der Waals surface area contributed by atoms with E-state index in [0.29, 0.717) is 23.4 Å². The monoisotopic (exact) mass is 544 g/mol. The fourth-order valence-corrected chi connectivity index (χ4v) is 3.03. The summed E-state index contributed by atoms with van der Waals surface area (Å²) >= 11 is 0. The summed E-state index contributed by atoms with van der Waals surface area (Å²) in [5.41, 5.74) is 13.7. The maximum absolute atomic E-state index is 12.4. The summed E-state index contributed by atoms with van der Waals surface area (Å²) in [6.45, 7) is 0.370. The molecule has 0 spiro atoms. The van der Waals surface area contributed by atoms with Gasteiger partial charge in [0.05, 0.1) is 18.4 Å². The zero-order valence-electron chi connectivity index (χ0n) is 20.3. The van der Waals surface area contributed by atoms with Crippen LogP contribution < -0.4 is 21.7 Å². The number of nitrogen functional groups attached to an aromatic ring is 2. The van der Waals surface area contributed by atoms with Crippen molar-refractivity contribution >= 4 is 91.9 Å². The Morgan fingerprint density at radius 2 is 1.79 bits per heavy atom. The van der Waals surface area contributed by atoms with Gasteiger partial charge in [-0.1, -0.05) is 0 Å². The third kappa shape index (κ3) is 6.96. The number of nitrogens with two attached hydrogens (primary N) is 2. The number of benzene rings is 1. The number of carboxylic acid groups (broad SMARTS) is 2. The standard InChI is InChI=1S/C20H22N8O5.Sr.2H/c1-28(9-11-8-23-17-15(24-11)16(21)26-20(22)27-17)12-4-2-10(3-5-12)18(31)25-13(19(32)33)6-7-14(29)30;;;/h2-5,8,13H,6-7,9H2,1H3,(H,25,31)(H,29,30)(H,32,33)(H4,21,22,23,26,27);;;/q;+2;2*-1/t13-;;;/m0.../s1. The number of carbonyl (C=O) groups excluding carboxylic acids is 1. The van der Waals surface area contributed by atoms with Crippen LogP contribution in [0.4, 0.5) is 17.5 Å². The van der Waals surface area contributed by atoms with Crippen LogP contribution in [0.15, 0.2) is 30.5 Å². The molecule has 0 saturated heterocycles. The number of nitrogens with one attached hydrogen (secondary N) is 1. The van der Waals surface area contributed by atoms with Crippen molar-refractivity contribution in [1.29, 1.82) is 0 Å². The summed E-state index contributed by atoms with van der Waals surface area (Å²) < 4.78 is 0. The number of carbonyl (C=O) groups is 3. The molecule has 2 heterocycles. The van der Waals surface area contributed by atoms with E-state index in [0.717, 1.165) is 5.69 Å². The van der Waals surface area contributed by atoms with Crippen LogP contribution in [0.2, 0.25) is 0 Å². The largest absolute Gasteiger partial charge is 2.00 e. The van der Waals surface area contributed by atoms with Crippen molar-refractivity contribution in [3.8, 4) is 0 Å². The molecule has 0 bridgehead atoms. The number of fused-ring (bicyclic) bond motifs is 1. The van der Waals surface area contributed by atoms with E-state index in [9.17, 15) is 19.5 Å². The van der Waals surface area contributed by atoms with E-state index < -0.39 is 23.9 Å². The van der Waals surface area contributed by atoms with Gasteiger partial charge in [0.1, 0.15) is 6.04 Å². The van der Waals surface area contributed by atoms with Crippen molar-refractivity contribution in [3.05, 3.63) is 41.7 Å². The number of aromatic nitrogens is 4. The van der Waals surface area contributed by atoms with Crippen LogP contribution >= 0.6 is 0 Å². The van der Waals surface area contributed by atoms with E-state index in [1.54, 1.807) is 18.3 Å². The molecule has 0 aliphatic rings. The normalized spacial score (nSPS) is 11.3. The third-order valence-corrected chi connectivity index (χ3v) is 4.72. The summed E-state index contributed by atoms with van der Waals surface area (Å²) in [5.74, 6) is -2.91. The van der Waals surface area contributed by atoms with Crippen molar-refractivity contribution in [2.24, 2.45) is 0 Å². The fourth-order valence-electron chi connectivity index (χ4n) is 3.03. The van der Waals surface area contributed by atoms with Gasteiger partial charge in [0.15, 0.2) is 17.0 Å². The van der Waals surface area contributed by atoms with Crippen LogP contribution in [0.1, 0.15) is 31.7 Å². The van der Waals surface area contributed by atoms with Crippen molar-refractivity contribution in [3.63, 3.8) is 0 Å². The van der Waals surface area contributed by atoms with Gasteiger partial charge >= 0.3 is 57.4 Å². The van der Waals surface area contributed by atoms with Crippen molar-refractivity contribution < 1.29 is 27.4 Å². The molecule has 1 amide bonds. The van der Waals surface area contributed by atoms with E-state index in [1.807, 2.05) is 11.9 Å². The summed E-state index contributed by atoms with van der Waals surface area (Å²) in [5, 5.41) is 20.2. The number of nitrogens with zero attached hydrogens (tertiary/aromatic N) is 5. The molecule has 13 nitrogen and oxygen atoms in total. The minimum Gasteiger partial charge on any atom is -1.00 e. The summed E-state index contributed by atoms with van der Waals surface area (Å²) in [6, 6.07) is 5.16. The van der Waals surface area contributed by atoms with E-state index in [4.69, 9.17) is 16.6 Å². The van der Waals surface area contributed by atoms with Gasteiger partial charge in [-0.3, -0.25) is 9.59 Å². The number of amides is 1. The molecule has 0 unspecified atom stereocenters. The Labute approximate surface area is 233 Å². The van der Waals surface area contributed by atoms with Crippen LogP contribution in [-0.4, -0.2) is 107 Å². The predicted octanol–water partition coefficient (Wildman–Crippen LogP) is 0.113. The molecule has 176 valence electrons. The molecule has 1 atom stereocenters. The van der Waals surface area contributed by atoms with Gasteiger partial charge in [-0.05, 0) is 30.7 Å². The maximum atomic E-state index is 12.4. The molecule has 2 aromatic heterocycles. The molecular formula is C20H24N8O5Sr. The van der Waals surface area contributed by atoms with E-state index in [1.165, 1.54) is 12.1 Å². The SMILES string of the molecule is CN(Cc1cnc2nc(N)nc(N)c2n1)c1ccc(C(=O)N[C@@H](CCC(=O)O)C(=O)O)cc1.[H-].[H-].[Sr+2]. The molecule has 0 saturated carbocycles. The smallest absolute Gasteiger partial charge is 1.00 e. The first-order chi connectivity index (χ1) is 15.6. The molecule has 0 aliphatic carbocycles. The molecule has 34 heavy (non-hydrogen) atoms.